The molecule has 0 amide bonds. The van der Waals surface area contributed by atoms with Crippen molar-refractivity contribution < 1.29 is 9.15 Å². The molecular formula is C15H24N2O2. The van der Waals surface area contributed by atoms with E-state index in [-0.39, 0.29) is 0 Å². The van der Waals surface area contributed by atoms with Gasteiger partial charge in [-0.05, 0) is 39.6 Å². The van der Waals surface area contributed by atoms with Crippen molar-refractivity contribution in [3.8, 4) is 0 Å². The maximum Gasteiger partial charge on any atom is 0.118 e. The summed E-state index contributed by atoms with van der Waals surface area (Å²) in [5.74, 6) is 2.08. The molecule has 0 radical (unpaired) electrons. The van der Waals surface area contributed by atoms with Crippen LogP contribution in [0.5, 0.6) is 0 Å². The van der Waals surface area contributed by atoms with Crippen LogP contribution in [0.4, 0.5) is 0 Å². The molecule has 4 nitrogen and oxygen atoms in total. The molecule has 19 heavy (non-hydrogen) atoms. The highest BCUT2D eigenvalue weighted by molar-refractivity contribution is 5.08. The van der Waals surface area contributed by atoms with Crippen LogP contribution in [0.15, 0.2) is 16.5 Å². The van der Waals surface area contributed by atoms with Gasteiger partial charge in [0.1, 0.15) is 11.5 Å². The Bertz CT molecular complexity index is 435. The first-order chi connectivity index (χ1) is 9.05. The lowest BCUT2D eigenvalue weighted by molar-refractivity contribution is -0.0181. The number of nitrogens with zero attached hydrogens (tertiary/aromatic N) is 2. The van der Waals surface area contributed by atoms with Gasteiger partial charge in [-0.1, -0.05) is 0 Å². The van der Waals surface area contributed by atoms with Gasteiger partial charge in [0.15, 0.2) is 0 Å². The Labute approximate surface area is 115 Å². The molecule has 106 valence electrons. The normalized spacial score (nSPS) is 26.2. The molecule has 0 saturated carbocycles. The van der Waals surface area contributed by atoms with E-state index in [1.54, 1.807) is 0 Å². The maximum atomic E-state index is 5.93. The fraction of sp³-hybridized carbons (Fsp3) is 0.733. The van der Waals surface area contributed by atoms with Crippen molar-refractivity contribution in [1.29, 1.82) is 0 Å². The summed E-state index contributed by atoms with van der Waals surface area (Å²) < 4.78 is 11.6. The Kier molecular flexibility index (Phi) is 3.41. The van der Waals surface area contributed by atoms with Crippen LogP contribution in [0, 0.1) is 12.3 Å². The van der Waals surface area contributed by atoms with Gasteiger partial charge in [-0.3, -0.25) is 4.90 Å². The molecule has 0 unspecified atom stereocenters. The smallest absolute Gasteiger partial charge is 0.118 e. The first-order valence-corrected chi connectivity index (χ1v) is 7.09. The number of likely N-dealkylation sites (N-methyl/N-ethyl adjacent to an activating group) is 1. The van der Waals surface area contributed by atoms with Crippen LogP contribution in [-0.2, 0) is 11.3 Å². The summed E-state index contributed by atoms with van der Waals surface area (Å²) in [6, 6.07) is 4.12. The lowest BCUT2D eigenvalue weighted by Gasteiger charge is -2.47. The number of hydrogen-bond donors (Lipinski definition) is 0. The number of hydrogen-bond acceptors (Lipinski definition) is 4. The van der Waals surface area contributed by atoms with Gasteiger partial charge < -0.3 is 14.1 Å². The van der Waals surface area contributed by atoms with Gasteiger partial charge in [0.05, 0.1) is 19.3 Å². The molecule has 1 aromatic heterocycles. The van der Waals surface area contributed by atoms with Gasteiger partial charge in [0, 0.05) is 25.0 Å². The van der Waals surface area contributed by atoms with Gasteiger partial charge in [0.25, 0.3) is 0 Å². The van der Waals surface area contributed by atoms with Crippen molar-refractivity contribution in [2.24, 2.45) is 5.41 Å². The number of rotatable bonds is 4. The van der Waals surface area contributed by atoms with E-state index in [0.717, 1.165) is 44.3 Å². The average Bonchev–Trinajstić information content (AvgIpc) is 2.85. The number of likely N-dealkylation sites (tertiary alicyclic amines) is 1. The monoisotopic (exact) mass is 264 g/mol. The minimum Gasteiger partial charge on any atom is -0.465 e. The third-order valence-corrected chi connectivity index (χ3v) is 4.15. The van der Waals surface area contributed by atoms with Gasteiger partial charge in [0.2, 0.25) is 0 Å². The lowest BCUT2D eigenvalue weighted by atomic mass is 9.78. The zero-order valence-corrected chi connectivity index (χ0v) is 12.2. The molecule has 1 atom stereocenters. The second-order valence-corrected chi connectivity index (χ2v) is 6.56. The van der Waals surface area contributed by atoms with E-state index in [4.69, 9.17) is 9.15 Å². The van der Waals surface area contributed by atoms with Crippen LogP contribution in [0.25, 0.3) is 0 Å². The van der Waals surface area contributed by atoms with E-state index in [1.165, 1.54) is 6.42 Å². The predicted octanol–water partition coefficient (Wildman–Crippen LogP) is 1.74. The standard InChI is InChI=1S/C15H24N2O2/c1-12-4-5-13(19-12)8-17-9-15(10-17)6-14(18-11-15)7-16(2)3/h4-5,14H,6-11H2,1-3H3/t14-/m1/s1. The Morgan fingerprint density at radius 3 is 2.79 bits per heavy atom. The Morgan fingerprint density at radius 2 is 2.16 bits per heavy atom. The minimum absolute atomic E-state index is 0.419. The molecule has 2 fully saturated rings. The van der Waals surface area contributed by atoms with Crippen molar-refractivity contribution in [1.82, 2.24) is 9.80 Å². The van der Waals surface area contributed by atoms with Gasteiger partial charge in [-0.25, -0.2) is 0 Å². The quantitative estimate of drug-likeness (QED) is 0.828. The van der Waals surface area contributed by atoms with E-state index in [9.17, 15) is 0 Å². The van der Waals surface area contributed by atoms with Crippen molar-refractivity contribution in [3.05, 3.63) is 23.7 Å². The molecule has 3 rings (SSSR count). The van der Waals surface area contributed by atoms with Crippen molar-refractivity contribution in [3.63, 3.8) is 0 Å². The van der Waals surface area contributed by atoms with Gasteiger partial charge in [-0.2, -0.15) is 0 Å². The van der Waals surface area contributed by atoms with Crippen LogP contribution >= 0.6 is 0 Å². The molecule has 0 aromatic carbocycles. The highest BCUT2D eigenvalue weighted by atomic mass is 16.5. The highest BCUT2D eigenvalue weighted by Gasteiger charge is 2.48. The molecule has 1 spiro atoms. The predicted molar refractivity (Wildman–Crippen MR) is 74.1 cm³/mol. The Balaban J connectivity index is 1.47. The van der Waals surface area contributed by atoms with Crippen LogP contribution in [0.3, 0.4) is 0 Å². The van der Waals surface area contributed by atoms with Crippen molar-refractivity contribution in [2.75, 3.05) is 40.3 Å². The fourth-order valence-corrected chi connectivity index (χ4v) is 3.45. The highest BCUT2D eigenvalue weighted by Crippen LogP contribution is 2.41. The summed E-state index contributed by atoms with van der Waals surface area (Å²) in [4.78, 5) is 4.67. The summed E-state index contributed by atoms with van der Waals surface area (Å²) in [6.45, 7) is 7.21. The zero-order chi connectivity index (χ0) is 13.5. The molecule has 0 N–H and O–H groups in total. The molecule has 3 heterocycles. The lowest BCUT2D eigenvalue weighted by Crippen LogP contribution is -2.56. The molecule has 1 aromatic rings. The number of ether oxygens (including phenoxy) is 1. The van der Waals surface area contributed by atoms with E-state index >= 15 is 0 Å². The van der Waals surface area contributed by atoms with Gasteiger partial charge >= 0.3 is 0 Å². The third-order valence-electron chi connectivity index (χ3n) is 4.15. The SMILES string of the molecule is Cc1ccc(CN2CC3(CO[C@@H](CN(C)C)C3)C2)o1. The molecule has 0 aliphatic carbocycles. The van der Waals surface area contributed by atoms with Crippen LogP contribution in [-0.4, -0.2) is 56.2 Å². The maximum absolute atomic E-state index is 5.93. The second kappa shape index (κ2) is 4.93. The van der Waals surface area contributed by atoms with Crippen molar-refractivity contribution in [2.45, 2.75) is 26.0 Å². The zero-order valence-electron chi connectivity index (χ0n) is 12.2. The molecule has 0 bridgehead atoms. The van der Waals surface area contributed by atoms with Crippen LogP contribution in [0.2, 0.25) is 0 Å². The summed E-state index contributed by atoms with van der Waals surface area (Å²) in [7, 11) is 4.22. The van der Waals surface area contributed by atoms with Crippen LogP contribution in [0.1, 0.15) is 17.9 Å². The Hall–Kier alpha value is -0.840. The first-order valence-electron chi connectivity index (χ1n) is 7.09. The Morgan fingerprint density at radius 1 is 1.37 bits per heavy atom. The van der Waals surface area contributed by atoms with Gasteiger partial charge in [-0.15, -0.1) is 0 Å². The number of furan rings is 1. The summed E-state index contributed by atoms with van der Waals surface area (Å²) in [6.07, 6.45) is 1.63. The van der Waals surface area contributed by atoms with E-state index in [2.05, 4.69) is 30.0 Å². The second-order valence-electron chi connectivity index (χ2n) is 6.56. The van der Waals surface area contributed by atoms with E-state index < -0.39 is 0 Å². The van der Waals surface area contributed by atoms with E-state index in [1.807, 2.05) is 13.0 Å². The number of aryl methyl sites for hydroxylation is 1. The largest absolute Gasteiger partial charge is 0.465 e. The third kappa shape index (κ3) is 2.86. The van der Waals surface area contributed by atoms with Crippen molar-refractivity contribution >= 4 is 0 Å². The van der Waals surface area contributed by atoms with Crippen LogP contribution < -0.4 is 0 Å². The fourth-order valence-electron chi connectivity index (χ4n) is 3.45. The summed E-state index contributed by atoms with van der Waals surface area (Å²) in [5.41, 5.74) is 0.419. The molecule has 2 saturated heterocycles. The topological polar surface area (TPSA) is 28.9 Å². The first kappa shape index (κ1) is 13.2. The molecule has 2 aliphatic heterocycles. The molecule has 2 aliphatic rings. The average molecular weight is 264 g/mol. The molecular weight excluding hydrogens is 240 g/mol. The minimum atomic E-state index is 0.419. The summed E-state index contributed by atoms with van der Waals surface area (Å²) in [5, 5.41) is 0. The summed E-state index contributed by atoms with van der Waals surface area (Å²) >= 11 is 0. The molecule has 4 heteroatoms. The van der Waals surface area contributed by atoms with E-state index in [0.29, 0.717) is 11.5 Å².